The number of benzene rings is 2. The number of hydrogen-bond donors (Lipinski definition) is 0. The van der Waals surface area contributed by atoms with E-state index in [2.05, 4.69) is 13.8 Å². The summed E-state index contributed by atoms with van der Waals surface area (Å²) in [6.07, 6.45) is 8.91. The van der Waals surface area contributed by atoms with Crippen LogP contribution in [0.3, 0.4) is 0 Å². The van der Waals surface area contributed by atoms with Gasteiger partial charge in [0.15, 0.2) is 6.29 Å². The van der Waals surface area contributed by atoms with Crippen LogP contribution in [0, 0.1) is 35.3 Å². The molecule has 1 saturated heterocycles. The lowest BCUT2D eigenvalue weighted by atomic mass is 9.76. The van der Waals surface area contributed by atoms with Crippen LogP contribution in [0.1, 0.15) is 88.5 Å². The van der Waals surface area contributed by atoms with E-state index in [1.807, 2.05) is 18.2 Å². The highest BCUT2D eigenvalue weighted by Crippen LogP contribution is 2.39. The second-order valence-electron chi connectivity index (χ2n) is 11.2. The Morgan fingerprint density at radius 1 is 0.676 bits per heavy atom. The second-order valence-corrected chi connectivity index (χ2v) is 11.2. The molecule has 2 aromatic carbocycles. The van der Waals surface area contributed by atoms with Crippen molar-refractivity contribution in [1.29, 1.82) is 0 Å². The van der Waals surface area contributed by atoms with Crippen molar-refractivity contribution in [2.75, 3.05) is 13.2 Å². The molecule has 34 heavy (non-hydrogen) atoms. The Morgan fingerprint density at radius 3 is 1.94 bits per heavy atom. The lowest BCUT2D eigenvalue weighted by Gasteiger charge is -2.37. The van der Waals surface area contributed by atoms with Gasteiger partial charge < -0.3 is 9.47 Å². The normalized spacial score (nSPS) is 32.5. The molecule has 184 valence electrons. The highest BCUT2D eigenvalue weighted by atomic mass is 19.1. The fraction of sp³-hybridized carbons (Fsp3) is 0.600. The van der Waals surface area contributed by atoms with Gasteiger partial charge in [-0.1, -0.05) is 63.8 Å². The second kappa shape index (κ2) is 10.5. The maximum Gasteiger partial charge on any atom is 0.183 e. The minimum atomic E-state index is -0.532. The van der Waals surface area contributed by atoms with E-state index in [1.165, 1.54) is 37.8 Å². The number of rotatable bonds is 4. The Hall–Kier alpha value is -1.78. The molecule has 0 aromatic heterocycles. The van der Waals surface area contributed by atoms with Gasteiger partial charge >= 0.3 is 0 Å². The third kappa shape index (κ3) is 5.23. The molecule has 0 spiro atoms. The zero-order valence-electron chi connectivity index (χ0n) is 20.6. The molecule has 0 bridgehead atoms. The summed E-state index contributed by atoms with van der Waals surface area (Å²) in [6.45, 7) is 5.93. The third-order valence-corrected chi connectivity index (χ3v) is 8.68. The topological polar surface area (TPSA) is 18.5 Å². The van der Waals surface area contributed by atoms with Crippen LogP contribution in [0.2, 0.25) is 0 Å². The molecule has 0 atom stereocenters. The van der Waals surface area contributed by atoms with E-state index >= 15 is 4.39 Å². The lowest BCUT2D eigenvalue weighted by molar-refractivity contribution is -0.214. The van der Waals surface area contributed by atoms with Crippen LogP contribution in [0.4, 0.5) is 8.78 Å². The molecule has 4 heteroatoms. The molecule has 0 amide bonds. The number of ether oxygens (including phenoxy) is 2. The molecule has 0 unspecified atom stereocenters. The van der Waals surface area contributed by atoms with Crippen LogP contribution < -0.4 is 0 Å². The molecular weight excluding hydrogens is 430 g/mol. The first-order chi connectivity index (χ1) is 16.5. The molecule has 2 aliphatic carbocycles. The molecule has 1 aliphatic heterocycles. The van der Waals surface area contributed by atoms with Crippen molar-refractivity contribution in [3.05, 3.63) is 59.2 Å². The summed E-state index contributed by atoms with van der Waals surface area (Å²) >= 11 is 0. The van der Waals surface area contributed by atoms with Gasteiger partial charge in [0.05, 0.1) is 13.2 Å². The van der Waals surface area contributed by atoms with Crippen molar-refractivity contribution >= 4 is 0 Å². The largest absolute Gasteiger partial charge is 0.348 e. The van der Waals surface area contributed by atoms with Gasteiger partial charge in [-0.2, -0.15) is 0 Å². The van der Waals surface area contributed by atoms with Gasteiger partial charge in [0.2, 0.25) is 0 Å². The number of halogens is 2. The quantitative estimate of drug-likeness (QED) is 0.448. The fourth-order valence-electron chi connectivity index (χ4n) is 6.25. The molecular formula is C30H38F2O2. The van der Waals surface area contributed by atoms with Gasteiger partial charge in [-0.25, -0.2) is 8.78 Å². The molecule has 1 heterocycles. The van der Waals surface area contributed by atoms with E-state index in [9.17, 15) is 4.39 Å². The monoisotopic (exact) mass is 468 g/mol. The summed E-state index contributed by atoms with van der Waals surface area (Å²) in [6, 6.07) is 10.3. The van der Waals surface area contributed by atoms with E-state index < -0.39 is 6.29 Å². The molecule has 5 rings (SSSR count). The van der Waals surface area contributed by atoms with Crippen LogP contribution in [-0.2, 0) is 9.47 Å². The summed E-state index contributed by atoms with van der Waals surface area (Å²) in [5, 5.41) is 0. The maximum absolute atomic E-state index is 15.1. The van der Waals surface area contributed by atoms with Gasteiger partial charge in [0, 0.05) is 17.0 Å². The zero-order chi connectivity index (χ0) is 23.7. The minimum Gasteiger partial charge on any atom is -0.348 e. The summed E-state index contributed by atoms with van der Waals surface area (Å²) in [7, 11) is 0. The van der Waals surface area contributed by atoms with E-state index in [4.69, 9.17) is 9.47 Å². The van der Waals surface area contributed by atoms with Crippen molar-refractivity contribution in [3.8, 4) is 11.1 Å². The van der Waals surface area contributed by atoms with Crippen molar-refractivity contribution in [2.45, 2.75) is 77.4 Å². The van der Waals surface area contributed by atoms with Gasteiger partial charge in [0.1, 0.15) is 11.6 Å². The minimum absolute atomic E-state index is 0.220. The average molecular weight is 469 g/mol. The summed E-state index contributed by atoms with van der Waals surface area (Å²) in [5.41, 5.74) is 2.45. The van der Waals surface area contributed by atoms with Gasteiger partial charge in [-0.15, -0.1) is 0 Å². The molecule has 0 radical (unpaired) electrons. The summed E-state index contributed by atoms with van der Waals surface area (Å²) in [4.78, 5) is 0. The number of hydrogen-bond acceptors (Lipinski definition) is 2. The molecule has 2 nitrogen and oxygen atoms in total. The zero-order valence-corrected chi connectivity index (χ0v) is 20.6. The Morgan fingerprint density at radius 2 is 1.32 bits per heavy atom. The predicted molar refractivity (Wildman–Crippen MR) is 131 cm³/mol. The van der Waals surface area contributed by atoms with Crippen LogP contribution in [0.5, 0.6) is 0 Å². The van der Waals surface area contributed by atoms with Crippen LogP contribution >= 0.6 is 0 Å². The Balaban J connectivity index is 1.23. The van der Waals surface area contributed by atoms with Crippen molar-refractivity contribution < 1.29 is 18.3 Å². The summed E-state index contributed by atoms with van der Waals surface area (Å²) in [5.74, 6) is 2.35. The summed E-state index contributed by atoms with van der Waals surface area (Å²) < 4.78 is 42.1. The third-order valence-electron chi connectivity index (χ3n) is 8.68. The van der Waals surface area contributed by atoms with E-state index in [0.29, 0.717) is 41.7 Å². The molecule has 0 N–H and O–H groups in total. The highest BCUT2D eigenvalue weighted by Gasteiger charge is 2.32. The predicted octanol–water partition coefficient (Wildman–Crippen LogP) is 8.41. The lowest BCUT2D eigenvalue weighted by Crippen LogP contribution is -2.34. The highest BCUT2D eigenvalue weighted by molar-refractivity contribution is 5.65. The molecule has 2 saturated carbocycles. The van der Waals surface area contributed by atoms with Gasteiger partial charge in [-0.05, 0) is 72.6 Å². The van der Waals surface area contributed by atoms with Crippen LogP contribution in [0.25, 0.3) is 11.1 Å². The van der Waals surface area contributed by atoms with E-state index in [0.717, 1.165) is 43.1 Å². The van der Waals surface area contributed by atoms with E-state index in [-0.39, 0.29) is 17.6 Å². The maximum atomic E-state index is 15.1. The fourth-order valence-corrected chi connectivity index (χ4v) is 6.25. The molecule has 3 fully saturated rings. The first-order valence-electron chi connectivity index (χ1n) is 13.3. The first-order valence-corrected chi connectivity index (χ1v) is 13.3. The first kappa shape index (κ1) is 23.9. The van der Waals surface area contributed by atoms with Gasteiger partial charge in [0.25, 0.3) is 0 Å². The smallest absolute Gasteiger partial charge is 0.183 e. The van der Waals surface area contributed by atoms with Crippen molar-refractivity contribution in [2.24, 2.45) is 23.7 Å². The van der Waals surface area contributed by atoms with Crippen LogP contribution in [-0.4, -0.2) is 13.2 Å². The molecule has 3 aliphatic rings. The average Bonchev–Trinajstić information content (AvgIpc) is 2.85. The Labute approximate surface area is 203 Å². The van der Waals surface area contributed by atoms with Crippen molar-refractivity contribution in [3.63, 3.8) is 0 Å². The SMILES string of the molecule is CC1CCC(c2ccc(-c3ccc(C4OCC(C5CCC(C)CC5)CO4)cc3F)cc2F)CC1. The standard InChI is InChI=1S/C30H38F2O2/c1-19-3-7-21(8-4-19)25-17-33-30(34-18-25)24-12-14-27(29(32)16-24)23-11-13-26(28(31)15-23)22-9-5-20(2)6-10-22/h11-16,19-22,25,30H,3-10,17-18H2,1-2H3. The van der Waals surface area contributed by atoms with Gasteiger partial charge in [-0.3, -0.25) is 0 Å². The molecule has 2 aromatic rings. The van der Waals surface area contributed by atoms with Crippen molar-refractivity contribution in [1.82, 2.24) is 0 Å². The Bertz CT molecular complexity index is 966. The van der Waals surface area contributed by atoms with Crippen LogP contribution in [0.15, 0.2) is 36.4 Å². The van der Waals surface area contributed by atoms with E-state index in [1.54, 1.807) is 6.07 Å². The Kier molecular flexibility index (Phi) is 7.36.